The van der Waals surface area contributed by atoms with Crippen molar-refractivity contribution in [3.05, 3.63) is 30.1 Å². The van der Waals surface area contributed by atoms with Gasteiger partial charge in [-0.25, -0.2) is 4.98 Å². The molecule has 0 fully saturated rings. The van der Waals surface area contributed by atoms with Crippen LogP contribution in [-0.4, -0.2) is 34.0 Å². The van der Waals surface area contributed by atoms with Gasteiger partial charge in [-0.2, -0.15) is 0 Å². The van der Waals surface area contributed by atoms with E-state index in [-0.39, 0.29) is 17.6 Å². The molecule has 21 heavy (non-hydrogen) atoms. The van der Waals surface area contributed by atoms with Crippen LogP contribution in [0.2, 0.25) is 0 Å². The highest BCUT2D eigenvalue weighted by Gasteiger charge is 2.10. The number of nitrogens with one attached hydrogen (secondary N) is 2. The normalized spacial score (nSPS) is 10.7. The Balaban J connectivity index is 1.86. The zero-order valence-electron chi connectivity index (χ0n) is 12.2. The third kappa shape index (κ3) is 4.49. The van der Waals surface area contributed by atoms with Crippen LogP contribution < -0.4 is 10.1 Å². The van der Waals surface area contributed by atoms with Gasteiger partial charge in [-0.15, -0.1) is 5.10 Å². The van der Waals surface area contributed by atoms with Crippen LogP contribution in [0.25, 0.3) is 0 Å². The molecular weight excluding hydrogens is 288 g/mol. The summed E-state index contributed by atoms with van der Waals surface area (Å²) in [5.74, 6) is 1.97. The minimum atomic E-state index is -0.107. The van der Waals surface area contributed by atoms with Crippen LogP contribution in [0.15, 0.2) is 29.4 Å². The van der Waals surface area contributed by atoms with Gasteiger partial charge in [-0.1, -0.05) is 31.7 Å². The van der Waals surface area contributed by atoms with Crippen molar-refractivity contribution in [3.63, 3.8) is 0 Å². The number of nitrogens with zero attached hydrogens (tertiary/aromatic N) is 2. The topological polar surface area (TPSA) is 79.9 Å². The van der Waals surface area contributed by atoms with Crippen LogP contribution in [0.1, 0.15) is 25.6 Å². The Hall–Kier alpha value is -2.02. The van der Waals surface area contributed by atoms with E-state index < -0.39 is 0 Å². The second kappa shape index (κ2) is 7.12. The van der Waals surface area contributed by atoms with Gasteiger partial charge >= 0.3 is 0 Å². The average molecular weight is 306 g/mol. The molecule has 1 heterocycles. The summed E-state index contributed by atoms with van der Waals surface area (Å²) in [6, 6.07) is 7.23. The molecule has 0 aliphatic rings. The lowest BCUT2D eigenvalue weighted by Crippen LogP contribution is -2.14. The van der Waals surface area contributed by atoms with E-state index in [2.05, 4.69) is 20.5 Å². The summed E-state index contributed by atoms with van der Waals surface area (Å²) in [5.41, 5.74) is 0.706. The van der Waals surface area contributed by atoms with Gasteiger partial charge in [-0.05, 0) is 12.1 Å². The molecule has 0 aliphatic heterocycles. The first-order chi connectivity index (χ1) is 10.1. The molecule has 1 aromatic carbocycles. The summed E-state index contributed by atoms with van der Waals surface area (Å²) < 4.78 is 5.11. The summed E-state index contributed by atoms with van der Waals surface area (Å²) >= 11 is 1.30. The van der Waals surface area contributed by atoms with Gasteiger partial charge in [0.2, 0.25) is 11.1 Å². The molecule has 0 unspecified atom stereocenters. The predicted octanol–water partition coefficient (Wildman–Crippen LogP) is 2.67. The smallest absolute Gasteiger partial charge is 0.234 e. The first-order valence-electron chi connectivity index (χ1n) is 6.57. The summed E-state index contributed by atoms with van der Waals surface area (Å²) in [6.07, 6.45) is 0. The van der Waals surface area contributed by atoms with E-state index in [9.17, 15) is 4.79 Å². The lowest BCUT2D eigenvalue weighted by Gasteiger charge is -2.06. The van der Waals surface area contributed by atoms with Crippen LogP contribution in [-0.2, 0) is 4.79 Å². The van der Waals surface area contributed by atoms with Crippen molar-refractivity contribution in [3.8, 4) is 5.75 Å². The molecule has 2 rings (SSSR count). The molecular formula is C14H18N4O2S. The van der Waals surface area contributed by atoms with Crippen LogP contribution in [0.5, 0.6) is 5.75 Å². The number of hydrogen-bond donors (Lipinski definition) is 2. The maximum Gasteiger partial charge on any atom is 0.234 e. The molecule has 2 aromatic rings. The van der Waals surface area contributed by atoms with Crippen LogP contribution >= 0.6 is 11.8 Å². The van der Waals surface area contributed by atoms with E-state index in [1.165, 1.54) is 11.8 Å². The fraction of sp³-hybridized carbons (Fsp3) is 0.357. The van der Waals surface area contributed by atoms with E-state index in [1.807, 2.05) is 32.0 Å². The van der Waals surface area contributed by atoms with Gasteiger partial charge in [0.05, 0.1) is 12.9 Å². The van der Waals surface area contributed by atoms with Crippen LogP contribution in [0, 0.1) is 0 Å². The van der Waals surface area contributed by atoms with E-state index in [0.29, 0.717) is 16.6 Å². The van der Waals surface area contributed by atoms with Gasteiger partial charge in [0.1, 0.15) is 11.6 Å². The molecule has 0 bridgehead atoms. The molecule has 0 spiro atoms. The fourth-order valence-corrected chi connectivity index (χ4v) is 2.21. The lowest BCUT2D eigenvalue weighted by atomic mass is 10.2. The highest BCUT2D eigenvalue weighted by Crippen LogP contribution is 2.19. The molecule has 0 radical (unpaired) electrons. The van der Waals surface area contributed by atoms with Gasteiger partial charge < -0.3 is 10.1 Å². The first kappa shape index (κ1) is 15.4. The number of H-pyrrole nitrogens is 1. The summed E-state index contributed by atoms with van der Waals surface area (Å²) in [5, 5.41) is 10.3. The second-order valence-corrected chi connectivity index (χ2v) is 5.67. The molecule has 7 heteroatoms. The maximum atomic E-state index is 11.9. The Morgan fingerprint density at radius 1 is 1.48 bits per heavy atom. The van der Waals surface area contributed by atoms with Crippen molar-refractivity contribution in [2.45, 2.75) is 24.9 Å². The number of benzene rings is 1. The molecule has 1 aromatic heterocycles. The highest BCUT2D eigenvalue weighted by atomic mass is 32.2. The average Bonchev–Trinajstić information content (AvgIpc) is 2.94. The number of amides is 1. The Labute approximate surface area is 127 Å². The fourth-order valence-electron chi connectivity index (χ4n) is 1.61. The van der Waals surface area contributed by atoms with Gasteiger partial charge in [0, 0.05) is 17.7 Å². The number of carbonyl (C=O) groups excluding carboxylic acids is 1. The van der Waals surface area contributed by atoms with Crippen LogP contribution in [0.4, 0.5) is 5.69 Å². The molecule has 0 saturated carbocycles. The standard InChI is InChI=1S/C14H18N4O2S/c1-9(2)13-16-14(18-17-13)21-8-12(19)15-10-5-4-6-11(7-10)20-3/h4-7,9H,8H2,1-3H3,(H,15,19)(H,16,17,18). The Kier molecular flexibility index (Phi) is 5.21. The lowest BCUT2D eigenvalue weighted by molar-refractivity contribution is -0.113. The van der Waals surface area contributed by atoms with E-state index in [1.54, 1.807) is 13.2 Å². The van der Waals surface area contributed by atoms with Crippen molar-refractivity contribution >= 4 is 23.4 Å². The quantitative estimate of drug-likeness (QED) is 0.802. The first-order valence-corrected chi connectivity index (χ1v) is 7.56. The van der Waals surface area contributed by atoms with Crippen LogP contribution in [0.3, 0.4) is 0 Å². The zero-order valence-corrected chi connectivity index (χ0v) is 13.0. The van der Waals surface area contributed by atoms with E-state index in [0.717, 1.165) is 5.82 Å². The Morgan fingerprint density at radius 3 is 2.95 bits per heavy atom. The number of ether oxygens (including phenoxy) is 1. The number of rotatable bonds is 6. The van der Waals surface area contributed by atoms with Crippen molar-refractivity contribution in [2.24, 2.45) is 0 Å². The number of methoxy groups -OCH3 is 1. The minimum Gasteiger partial charge on any atom is -0.497 e. The number of hydrogen-bond acceptors (Lipinski definition) is 5. The molecule has 0 aliphatic carbocycles. The molecule has 0 atom stereocenters. The van der Waals surface area contributed by atoms with Crippen molar-refractivity contribution in [1.82, 2.24) is 15.2 Å². The number of aromatic amines is 1. The molecule has 1 amide bonds. The summed E-state index contributed by atoms with van der Waals surface area (Å²) in [4.78, 5) is 16.2. The van der Waals surface area contributed by atoms with Crippen molar-refractivity contribution in [2.75, 3.05) is 18.2 Å². The molecule has 6 nitrogen and oxygen atoms in total. The van der Waals surface area contributed by atoms with Crippen molar-refractivity contribution < 1.29 is 9.53 Å². The van der Waals surface area contributed by atoms with E-state index >= 15 is 0 Å². The Bertz CT molecular complexity index is 613. The maximum absolute atomic E-state index is 11.9. The summed E-state index contributed by atoms with van der Waals surface area (Å²) in [6.45, 7) is 4.06. The number of carbonyl (C=O) groups is 1. The van der Waals surface area contributed by atoms with Gasteiger partial charge in [-0.3, -0.25) is 9.89 Å². The zero-order chi connectivity index (χ0) is 15.2. The van der Waals surface area contributed by atoms with Crippen molar-refractivity contribution in [1.29, 1.82) is 0 Å². The predicted molar refractivity (Wildman–Crippen MR) is 82.8 cm³/mol. The van der Waals surface area contributed by atoms with Gasteiger partial charge in [0.25, 0.3) is 0 Å². The number of thioether (sulfide) groups is 1. The number of aromatic nitrogens is 3. The second-order valence-electron chi connectivity index (χ2n) is 4.73. The highest BCUT2D eigenvalue weighted by molar-refractivity contribution is 7.99. The summed E-state index contributed by atoms with van der Waals surface area (Å²) in [7, 11) is 1.59. The van der Waals surface area contributed by atoms with Gasteiger partial charge in [0.15, 0.2) is 0 Å². The monoisotopic (exact) mass is 306 g/mol. The minimum absolute atomic E-state index is 0.107. The Morgan fingerprint density at radius 2 is 2.29 bits per heavy atom. The third-order valence-electron chi connectivity index (χ3n) is 2.71. The SMILES string of the molecule is COc1cccc(NC(=O)CSc2n[nH]c(C(C)C)n2)c1. The molecule has 112 valence electrons. The molecule has 0 saturated heterocycles. The largest absolute Gasteiger partial charge is 0.497 e. The molecule has 2 N–H and O–H groups in total. The number of anilines is 1. The third-order valence-corrected chi connectivity index (χ3v) is 3.56. The van der Waals surface area contributed by atoms with E-state index in [4.69, 9.17) is 4.74 Å².